The van der Waals surface area contributed by atoms with Gasteiger partial charge in [0, 0.05) is 30.2 Å². The topological polar surface area (TPSA) is 92.6 Å². The van der Waals surface area contributed by atoms with E-state index in [4.69, 9.17) is 14.2 Å². The maximum atomic E-state index is 13.7. The minimum Gasteiger partial charge on any atom is -0.872 e. The van der Waals surface area contributed by atoms with Gasteiger partial charge in [-0.2, -0.15) is 0 Å². The number of benzene rings is 2. The largest absolute Gasteiger partial charge is 0.872 e. The van der Waals surface area contributed by atoms with Gasteiger partial charge in [0.2, 0.25) is 5.78 Å². The smallest absolute Gasteiger partial charge is 0.295 e. The minimum absolute atomic E-state index is 0.0704. The van der Waals surface area contributed by atoms with Gasteiger partial charge in [-0.1, -0.05) is 11.8 Å². The Morgan fingerprint density at radius 1 is 1.00 bits per heavy atom. The number of carbonyl (C=O) groups is 2. The molecule has 2 aromatic carbocycles. The van der Waals surface area contributed by atoms with E-state index in [-0.39, 0.29) is 5.57 Å². The summed E-state index contributed by atoms with van der Waals surface area (Å²) >= 11 is 0. The third-order valence-electron chi connectivity index (χ3n) is 6.02. The maximum Gasteiger partial charge on any atom is 0.295 e. The first-order valence-corrected chi connectivity index (χ1v) is 11.2. The predicted molar refractivity (Wildman–Crippen MR) is 126 cm³/mol. The van der Waals surface area contributed by atoms with Gasteiger partial charge in [0.25, 0.3) is 5.91 Å². The molecule has 3 rings (SSSR count). The van der Waals surface area contributed by atoms with Crippen molar-refractivity contribution in [1.82, 2.24) is 4.90 Å². The van der Waals surface area contributed by atoms with Gasteiger partial charge in [-0.15, -0.1) is 0 Å². The Labute approximate surface area is 200 Å². The van der Waals surface area contributed by atoms with Crippen LogP contribution in [0.5, 0.6) is 17.2 Å². The number of likely N-dealkylation sites (tertiary alicyclic amines) is 1. The van der Waals surface area contributed by atoms with Gasteiger partial charge in [0.1, 0.15) is 17.2 Å². The number of ketones is 1. The van der Waals surface area contributed by atoms with E-state index >= 15 is 0 Å². The molecule has 1 N–H and O–H groups in total. The zero-order chi connectivity index (χ0) is 25.0. The second-order valence-electron chi connectivity index (χ2n) is 8.57. The molecule has 0 spiro atoms. The normalized spacial score (nSPS) is 17.4. The summed E-state index contributed by atoms with van der Waals surface area (Å²) in [6.07, 6.45) is 0.680. The van der Waals surface area contributed by atoms with Crippen molar-refractivity contribution < 1.29 is 33.8 Å². The molecule has 0 saturated carbocycles. The van der Waals surface area contributed by atoms with E-state index in [1.165, 1.54) is 16.9 Å². The van der Waals surface area contributed by atoms with Crippen LogP contribution in [0.1, 0.15) is 29.2 Å². The summed E-state index contributed by atoms with van der Waals surface area (Å²) in [5, 5.41) is 13.7. The molecule has 1 aliphatic heterocycles. The SMILES string of the molecule is COc1ccc(C([O-])=C2C(=O)C(=O)N(CCC[NH+](C)C)C2c2ccc(OC)cc2OC)c(C)c1. The Morgan fingerprint density at radius 3 is 2.24 bits per heavy atom. The van der Waals surface area contributed by atoms with Crippen LogP contribution >= 0.6 is 0 Å². The Hall–Kier alpha value is -3.52. The number of aryl methyl sites for hydroxylation is 1. The molecule has 0 aliphatic carbocycles. The number of rotatable bonds is 9. The monoisotopic (exact) mass is 468 g/mol. The fourth-order valence-electron chi connectivity index (χ4n) is 4.23. The second kappa shape index (κ2) is 10.6. The standard InChI is InChI=1S/C26H32N2O6/c1-16-14-17(32-4)8-10-19(16)24(29)22-23(20-11-9-18(33-5)15-21(20)34-6)28(26(31)25(22)30)13-7-12-27(2)3/h8-11,14-15,23,29H,7,12-13H2,1-6H3. The van der Waals surface area contributed by atoms with E-state index in [9.17, 15) is 14.7 Å². The lowest BCUT2D eigenvalue weighted by atomic mass is 9.93. The number of carbonyl (C=O) groups excluding carboxylic acids is 2. The van der Waals surface area contributed by atoms with Crippen LogP contribution < -0.4 is 24.2 Å². The molecule has 0 bridgehead atoms. The van der Waals surface area contributed by atoms with Crippen LogP contribution in [0, 0.1) is 6.92 Å². The van der Waals surface area contributed by atoms with E-state index in [0.29, 0.717) is 46.9 Å². The van der Waals surface area contributed by atoms with Crippen LogP contribution in [0.4, 0.5) is 0 Å². The van der Waals surface area contributed by atoms with E-state index in [1.54, 1.807) is 57.5 Å². The summed E-state index contributed by atoms with van der Waals surface area (Å²) in [7, 11) is 8.64. The van der Waals surface area contributed by atoms with Crippen LogP contribution in [0.15, 0.2) is 42.0 Å². The first kappa shape index (κ1) is 25.1. The van der Waals surface area contributed by atoms with Crippen molar-refractivity contribution >= 4 is 17.4 Å². The van der Waals surface area contributed by atoms with Crippen LogP contribution in [0.25, 0.3) is 5.76 Å². The number of hydrogen-bond donors (Lipinski definition) is 1. The fraction of sp³-hybridized carbons (Fsp3) is 0.385. The van der Waals surface area contributed by atoms with E-state index in [0.717, 1.165) is 6.54 Å². The average Bonchev–Trinajstić information content (AvgIpc) is 3.07. The highest BCUT2D eigenvalue weighted by Crippen LogP contribution is 2.43. The van der Waals surface area contributed by atoms with Gasteiger partial charge in [-0.3, -0.25) is 9.59 Å². The second-order valence-corrected chi connectivity index (χ2v) is 8.57. The van der Waals surface area contributed by atoms with E-state index in [2.05, 4.69) is 0 Å². The quantitative estimate of drug-likeness (QED) is 0.332. The molecule has 34 heavy (non-hydrogen) atoms. The number of nitrogens with one attached hydrogen (secondary N) is 1. The van der Waals surface area contributed by atoms with Crippen molar-refractivity contribution in [2.24, 2.45) is 0 Å². The summed E-state index contributed by atoms with van der Waals surface area (Å²) in [6.45, 7) is 2.93. The summed E-state index contributed by atoms with van der Waals surface area (Å²) in [6, 6.07) is 9.33. The van der Waals surface area contributed by atoms with Crippen molar-refractivity contribution in [2.75, 3.05) is 48.5 Å². The lowest BCUT2D eigenvalue weighted by Gasteiger charge is -2.29. The van der Waals surface area contributed by atoms with Crippen LogP contribution in [0.3, 0.4) is 0 Å². The molecule has 1 aliphatic rings. The Morgan fingerprint density at radius 2 is 1.65 bits per heavy atom. The van der Waals surface area contributed by atoms with Gasteiger partial charge in [-0.05, 0) is 42.3 Å². The van der Waals surface area contributed by atoms with Crippen LogP contribution in [-0.4, -0.2) is 65.1 Å². The molecule has 0 aromatic heterocycles. The first-order chi connectivity index (χ1) is 16.2. The molecule has 1 saturated heterocycles. The summed E-state index contributed by atoms with van der Waals surface area (Å²) in [5.41, 5.74) is 1.51. The molecular formula is C26H32N2O6. The van der Waals surface area contributed by atoms with Gasteiger partial charge in [0.05, 0.1) is 48.0 Å². The number of quaternary nitrogens is 1. The first-order valence-electron chi connectivity index (χ1n) is 11.2. The van der Waals surface area contributed by atoms with Crippen molar-refractivity contribution in [3.05, 3.63) is 58.7 Å². The molecule has 0 radical (unpaired) electrons. The molecule has 8 nitrogen and oxygen atoms in total. The van der Waals surface area contributed by atoms with Gasteiger partial charge in [0.15, 0.2) is 0 Å². The number of amides is 1. The molecule has 8 heteroatoms. The Kier molecular flexibility index (Phi) is 7.83. The summed E-state index contributed by atoms with van der Waals surface area (Å²) in [5.74, 6) is -0.313. The van der Waals surface area contributed by atoms with Crippen LogP contribution in [0.2, 0.25) is 0 Å². The maximum absolute atomic E-state index is 13.7. The highest BCUT2D eigenvalue weighted by atomic mass is 16.5. The van der Waals surface area contributed by atoms with Crippen molar-refractivity contribution in [1.29, 1.82) is 0 Å². The van der Waals surface area contributed by atoms with Gasteiger partial charge < -0.3 is 29.1 Å². The van der Waals surface area contributed by atoms with E-state index in [1.807, 2.05) is 14.1 Å². The highest BCUT2D eigenvalue weighted by molar-refractivity contribution is 6.46. The Bertz CT molecular complexity index is 1110. The number of Topliss-reactive ketones (excluding diaryl/α,β-unsaturated/α-hetero) is 1. The minimum atomic E-state index is -0.855. The molecule has 1 unspecified atom stereocenters. The summed E-state index contributed by atoms with van der Waals surface area (Å²) < 4.78 is 16.1. The number of hydrogen-bond acceptors (Lipinski definition) is 6. The number of nitrogens with zero attached hydrogens (tertiary/aromatic N) is 1. The van der Waals surface area contributed by atoms with Crippen molar-refractivity contribution in [3.8, 4) is 17.2 Å². The Balaban J connectivity index is 2.19. The predicted octanol–water partition coefficient (Wildman–Crippen LogP) is 0.779. The highest BCUT2D eigenvalue weighted by Gasteiger charge is 2.45. The zero-order valence-corrected chi connectivity index (χ0v) is 20.6. The van der Waals surface area contributed by atoms with Crippen molar-refractivity contribution in [3.63, 3.8) is 0 Å². The number of methoxy groups -OCH3 is 3. The zero-order valence-electron chi connectivity index (χ0n) is 20.6. The van der Waals surface area contributed by atoms with Crippen molar-refractivity contribution in [2.45, 2.75) is 19.4 Å². The third-order valence-corrected chi connectivity index (χ3v) is 6.02. The molecule has 1 amide bonds. The molecule has 182 valence electrons. The fourth-order valence-corrected chi connectivity index (χ4v) is 4.23. The lowest BCUT2D eigenvalue weighted by molar-refractivity contribution is -0.858. The van der Waals surface area contributed by atoms with Gasteiger partial charge in [-0.25, -0.2) is 0 Å². The van der Waals surface area contributed by atoms with E-state index < -0.39 is 23.5 Å². The number of ether oxygens (including phenoxy) is 3. The molecule has 1 fully saturated rings. The molecule has 1 atom stereocenters. The average molecular weight is 469 g/mol. The summed E-state index contributed by atoms with van der Waals surface area (Å²) in [4.78, 5) is 29.1. The third kappa shape index (κ3) is 4.87. The van der Waals surface area contributed by atoms with Gasteiger partial charge >= 0.3 is 0 Å². The molecule has 1 heterocycles. The molecule has 2 aromatic rings. The van der Waals surface area contributed by atoms with Crippen LogP contribution in [-0.2, 0) is 9.59 Å². The lowest BCUT2D eigenvalue weighted by Crippen LogP contribution is -3.05. The molecular weight excluding hydrogens is 436 g/mol.